The lowest BCUT2D eigenvalue weighted by atomic mass is 10.0. The third kappa shape index (κ3) is 3.97. The molecule has 1 aromatic rings. The largest absolute Gasteiger partial charge is 0.282 e. The van der Waals surface area contributed by atoms with Gasteiger partial charge >= 0.3 is 0 Å². The summed E-state index contributed by atoms with van der Waals surface area (Å²) in [5.41, 5.74) is 1.84. The van der Waals surface area contributed by atoms with Crippen molar-refractivity contribution in [3.63, 3.8) is 0 Å². The Morgan fingerprint density at radius 2 is 1.86 bits per heavy atom. The second kappa shape index (κ2) is 7.63. The van der Waals surface area contributed by atoms with E-state index in [0.717, 1.165) is 24.0 Å². The number of carbonyl (C=O) groups is 1. The van der Waals surface area contributed by atoms with Gasteiger partial charge in [0.1, 0.15) is 0 Å². The molecule has 0 unspecified atom stereocenters. The first-order chi connectivity index (χ1) is 6.75. The van der Waals surface area contributed by atoms with Crippen molar-refractivity contribution >= 4 is 17.7 Å². The van der Waals surface area contributed by atoms with Crippen molar-refractivity contribution in [1.29, 1.82) is 0 Å². The highest BCUT2D eigenvalue weighted by molar-refractivity contribution is 7.97. The summed E-state index contributed by atoms with van der Waals surface area (Å²) in [5.74, 6) is 0. The van der Waals surface area contributed by atoms with Crippen molar-refractivity contribution < 1.29 is 4.79 Å². The van der Waals surface area contributed by atoms with Crippen LogP contribution in [0.15, 0.2) is 24.3 Å². The van der Waals surface area contributed by atoms with Crippen LogP contribution in [0.4, 0.5) is 0 Å². The lowest BCUT2D eigenvalue weighted by Gasteiger charge is -2.03. The van der Waals surface area contributed by atoms with Gasteiger partial charge in [0, 0.05) is 5.56 Å². The standard InChI is InChI=1S/C10H12OS.C2H6/c1-2-5-8-6-3-4-7-9(8)10(11)12;1-2/h3-4,6-7H,2,5H2,1H3,(H,11,12);1-2H3. The summed E-state index contributed by atoms with van der Waals surface area (Å²) in [7, 11) is 0. The first-order valence-electron chi connectivity index (χ1n) is 5.07. The predicted octanol–water partition coefficient (Wildman–Crippen LogP) is 3.74. The number of hydrogen-bond acceptors (Lipinski definition) is 1. The van der Waals surface area contributed by atoms with E-state index in [-0.39, 0.29) is 5.12 Å². The van der Waals surface area contributed by atoms with E-state index in [2.05, 4.69) is 19.6 Å². The summed E-state index contributed by atoms with van der Waals surface area (Å²) < 4.78 is 0. The number of aryl methyl sites for hydroxylation is 1. The topological polar surface area (TPSA) is 17.1 Å². The molecule has 0 heterocycles. The van der Waals surface area contributed by atoms with Gasteiger partial charge in [0.25, 0.3) is 0 Å². The zero-order chi connectivity index (χ0) is 11.0. The first kappa shape index (κ1) is 13.2. The van der Waals surface area contributed by atoms with Gasteiger partial charge in [-0.3, -0.25) is 4.79 Å². The van der Waals surface area contributed by atoms with Gasteiger partial charge in [-0.2, -0.15) is 0 Å². The first-order valence-corrected chi connectivity index (χ1v) is 5.51. The fourth-order valence-electron chi connectivity index (χ4n) is 1.22. The van der Waals surface area contributed by atoms with Crippen LogP contribution in [-0.4, -0.2) is 5.12 Å². The minimum absolute atomic E-state index is 0.140. The molecule has 0 N–H and O–H groups in total. The molecule has 1 aromatic carbocycles. The number of hydrogen-bond donors (Lipinski definition) is 1. The third-order valence-electron chi connectivity index (χ3n) is 1.77. The maximum absolute atomic E-state index is 11.0. The molecule has 0 fully saturated rings. The fourth-order valence-corrected chi connectivity index (χ4v) is 1.43. The van der Waals surface area contributed by atoms with Crippen LogP contribution < -0.4 is 0 Å². The summed E-state index contributed by atoms with van der Waals surface area (Å²) in [5, 5.41) is -0.140. The highest BCUT2D eigenvalue weighted by atomic mass is 32.1. The van der Waals surface area contributed by atoms with E-state index in [4.69, 9.17) is 0 Å². The lowest BCUT2D eigenvalue weighted by Crippen LogP contribution is -1.96. The Hall–Kier alpha value is -0.760. The zero-order valence-electron chi connectivity index (χ0n) is 9.08. The van der Waals surface area contributed by atoms with Gasteiger partial charge in [0.15, 0.2) is 0 Å². The number of rotatable bonds is 3. The molecule has 1 rings (SSSR count). The molecule has 0 atom stereocenters. The highest BCUT2D eigenvalue weighted by Gasteiger charge is 2.04. The van der Waals surface area contributed by atoms with Gasteiger partial charge in [-0.15, -0.1) is 12.6 Å². The van der Waals surface area contributed by atoms with Crippen molar-refractivity contribution in [2.45, 2.75) is 33.6 Å². The van der Waals surface area contributed by atoms with Gasteiger partial charge in [-0.05, 0) is 12.0 Å². The van der Waals surface area contributed by atoms with E-state index in [1.54, 1.807) is 0 Å². The summed E-state index contributed by atoms with van der Waals surface area (Å²) >= 11 is 3.81. The average molecular weight is 210 g/mol. The molecule has 0 amide bonds. The monoisotopic (exact) mass is 210 g/mol. The van der Waals surface area contributed by atoms with Crippen LogP contribution in [0.25, 0.3) is 0 Å². The Labute approximate surface area is 91.9 Å². The van der Waals surface area contributed by atoms with E-state index in [1.807, 2.05) is 38.1 Å². The molecule has 0 aromatic heterocycles. The molecule has 0 saturated carbocycles. The second-order valence-electron chi connectivity index (χ2n) is 2.71. The van der Waals surface area contributed by atoms with E-state index in [0.29, 0.717) is 0 Å². The predicted molar refractivity (Wildman–Crippen MR) is 65.1 cm³/mol. The van der Waals surface area contributed by atoms with Gasteiger partial charge in [0.05, 0.1) is 0 Å². The normalized spacial score (nSPS) is 8.86. The number of thiol groups is 1. The van der Waals surface area contributed by atoms with Crippen molar-refractivity contribution in [2.24, 2.45) is 0 Å². The van der Waals surface area contributed by atoms with E-state index >= 15 is 0 Å². The Morgan fingerprint density at radius 1 is 1.29 bits per heavy atom. The Balaban J connectivity index is 0.000000791. The van der Waals surface area contributed by atoms with Crippen LogP contribution in [-0.2, 0) is 6.42 Å². The zero-order valence-corrected chi connectivity index (χ0v) is 9.97. The maximum atomic E-state index is 11.0. The summed E-state index contributed by atoms with van der Waals surface area (Å²) in [4.78, 5) is 11.0. The molecule has 0 bridgehead atoms. The molecule has 14 heavy (non-hydrogen) atoms. The quantitative estimate of drug-likeness (QED) is 0.752. The molecule has 0 aliphatic heterocycles. The SMILES string of the molecule is CC.CCCc1ccccc1C(=O)S. The van der Waals surface area contributed by atoms with E-state index in [9.17, 15) is 4.79 Å². The highest BCUT2D eigenvalue weighted by Crippen LogP contribution is 2.12. The number of benzene rings is 1. The molecule has 0 saturated heterocycles. The average Bonchev–Trinajstić information content (AvgIpc) is 2.22. The minimum atomic E-state index is -0.140. The summed E-state index contributed by atoms with van der Waals surface area (Å²) in [6, 6.07) is 7.61. The molecule has 78 valence electrons. The fraction of sp³-hybridized carbons (Fsp3) is 0.417. The van der Waals surface area contributed by atoms with Crippen LogP contribution in [0.2, 0.25) is 0 Å². The van der Waals surface area contributed by atoms with Gasteiger partial charge < -0.3 is 0 Å². The van der Waals surface area contributed by atoms with Crippen molar-refractivity contribution in [3.05, 3.63) is 35.4 Å². The minimum Gasteiger partial charge on any atom is -0.282 e. The van der Waals surface area contributed by atoms with Crippen LogP contribution in [0.1, 0.15) is 43.1 Å². The second-order valence-corrected chi connectivity index (χ2v) is 3.12. The summed E-state index contributed by atoms with van der Waals surface area (Å²) in [6.45, 7) is 6.10. The maximum Gasteiger partial charge on any atom is 0.216 e. The van der Waals surface area contributed by atoms with E-state index < -0.39 is 0 Å². The van der Waals surface area contributed by atoms with Crippen LogP contribution in [0.5, 0.6) is 0 Å². The van der Waals surface area contributed by atoms with Crippen LogP contribution in [0.3, 0.4) is 0 Å². The van der Waals surface area contributed by atoms with Crippen molar-refractivity contribution in [2.75, 3.05) is 0 Å². The third-order valence-corrected chi connectivity index (χ3v) is 2.01. The van der Waals surface area contributed by atoms with Gasteiger partial charge in [0.2, 0.25) is 5.12 Å². The number of carbonyl (C=O) groups excluding carboxylic acids is 1. The van der Waals surface area contributed by atoms with Gasteiger partial charge in [-0.1, -0.05) is 51.5 Å². The molecule has 0 aliphatic carbocycles. The molecular formula is C12H18OS. The Morgan fingerprint density at radius 3 is 2.36 bits per heavy atom. The van der Waals surface area contributed by atoms with E-state index in [1.165, 1.54) is 0 Å². The lowest BCUT2D eigenvalue weighted by molar-refractivity contribution is 0.109. The smallest absolute Gasteiger partial charge is 0.216 e. The molecule has 0 radical (unpaired) electrons. The molecule has 0 aliphatic rings. The van der Waals surface area contributed by atoms with Crippen LogP contribution >= 0.6 is 12.6 Å². The van der Waals surface area contributed by atoms with Gasteiger partial charge in [-0.25, -0.2) is 0 Å². The Kier molecular flexibility index (Phi) is 7.21. The summed E-state index contributed by atoms with van der Waals surface area (Å²) in [6.07, 6.45) is 2.00. The molecule has 2 heteroatoms. The van der Waals surface area contributed by atoms with Crippen LogP contribution in [0, 0.1) is 0 Å². The van der Waals surface area contributed by atoms with Crippen molar-refractivity contribution in [3.8, 4) is 0 Å². The Bertz CT molecular complexity index is 281. The molecule has 1 nitrogen and oxygen atoms in total. The van der Waals surface area contributed by atoms with Crippen molar-refractivity contribution in [1.82, 2.24) is 0 Å². The molecular weight excluding hydrogens is 192 g/mol. The molecule has 0 spiro atoms.